The van der Waals surface area contributed by atoms with Gasteiger partial charge in [0, 0.05) is 43.9 Å². The van der Waals surface area contributed by atoms with Gasteiger partial charge in [-0.25, -0.2) is 4.98 Å². The highest BCUT2D eigenvalue weighted by Gasteiger charge is 2.44. The molecule has 148 valence electrons. The number of aromatic nitrogens is 2. The summed E-state index contributed by atoms with van der Waals surface area (Å²) in [4.78, 5) is 34.8. The fraction of sp³-hybridized carbons (Fsp3) is 0.300. The second kappa shape index (κ2) is 6.56. The lowest BCUT2D eigenvalue weighted by Gasteiger charge is -2.34. The minimum absolute atomic E-state index is 0.114. The van der Waals surface area contributed by atoms with Crippen LogP contribution in [0.2, 0.25) is 0 Å². The summed E-state index contributed by atoms with van der Waals surface area (Å²) in [7, 11) is 0. The number of benzene rings is 2. The number of imidazole rings is 1. The number of piperazine rings is 1. The number of nitro benzene ring substituents is 1. The van der Waals surface area contributed by atoms with Crippen LogP contribution in [-0.4, -0.2) is 50.9 Å². The zero-order valence-corrected chi connectivity index (χ0v) is 15.6. The van der Waals surface area contributed by atoms with Crippen LogP contribution in [0.3, 0.4) is 0 Å². The molecule has 2 saturated heterocycles. The Morgan fingerprint density at radius 1 is 1.21 bits per heavy atom. The van der Waals surface area contributed by atoms with E-state index in [0.717, 1.165) is 43.1 Å². The molecule has 2 aliphatic rings. The first-order chi connectivity index (χ1) is 14.0. The Labute approximate surface area is 166 Å². The van der Waals surface area contributed by atoms with Gasteiger partial charge >= 0.3 is 0 Å². The summed E-state index contributed by atoms with van der Waals surface area (Å²) in [6, 6.07) is 12.9. The number of H-pyrrole nitrogens is 1. The Morgan fingerprint density at radius 3 is 2.66 bits per heavy atom. The molecule has 2 fully saturated rings. The summed E-state index contributed by atoms with van der Waals surface area (Å²) in [6.07, 6.45) is 1.05. The molecule has 0 aliphatic carbocycles. The summed E-state index contributed by atoms with van der Waals surface area (Å²) in [6.45, 7) is 2.53. The highest BCUT2D eigenvalue weighted by atomic mass is 16.6. The van der Waals surface area contributed by atoms with Crippen LogP contribution in [0, 0.1) is 10.1 Å². The predicted octanol–water partition coefficient (Wildman–Crippen LogP) is 2.03. The van der Waals surface area contributed by atoms with Crippen molar-refractivity contribution in [1.82, 2.24) is 14.9 Å². The maximum atomic E-state index is 11.7. The number of nitrogens with two attached hydrogens (primary N) is 1. The third-order valence-corrected chi connectivity index (χ3v) is 5.92. The van der Waals surface area contributed by atoms with E-state index >= 15 is 0 Å². The smallest absolute Gasteiger partial charge is 0.269 e. The molecule has 2 aromatic carbocycles. The van der Waals surface area contributed by atoms with E-state index in [9.17, 15) is 14.9 Å². The van der Waals surface area contributed by atoms with Gasteiger partial charge in [0.25, 0.3) is 11.6 Å². The number of nitrogens with one attached hydrogen (secondary N) is 1. The molecular formula is C20H20N6O3. The average Bonchev–Trinajstić information content (AvgIpc) is 3.41. The number of fused-ring (bicyclic) bond motifs is 3. The van der Waals surface area contributed by atoms with Gasteiger partial charge in [-0.3, -0.25) is 19.8 Å². The van der Waals surface area contributed by atoms with Crippen molar-refractivity contribution in [2.24, 2.45) is 5.73 Å². The number of hydrogen-bond donors (Lipinski definition) is 2. The Bertz CT molecular complexity index is 1110. The van der Waals surface area contributed by atoms with E-state index in [4.69, 9.17) is 5.73 Å². The van der Waals surface area contributed by atoms with E-state index in [1.807, 2.05) is 18.2 Å². The van der Waals surface area contributed by atoms with E-state index in [2.05, 4.69) is 19.8 Å². The maximum absolute atomic E-state index is 11.7. The Morgan fingerprint density at radius 2 is 2.00 bits per heavy atom. The van der Waals surface area contributed by atoms with Gasteiger partial charge in [0.15, 0.2) is 0 Å². The number of para-hydroxylation sites is 1. The van der Waals surface area contributed by atoms with Crippen molar-refractivity contribution in [3.63, 3.8) is 0 Å². The highest BCUT2D eigenvalue weighted by Crippen LogP contribution is 2.35. The van der Waals surface area contributed by atoms with Crippen molar-refractivity contribution in [2.45, 2.75) is 25.0 Å². The largest absolute Gasteiger partial charge is 0.366 e. The van der Waals surface area contributed by atoms with Gasteiger partial charge in [0.1, 0.15) is 5.52 Å². The SMILES string of the molecule is NC(=O)c1cccc2[nH]c(N3C[C@@H]4C[C@H]3CN4Cc3ccc([N+](=O)[O-])cc3)nc12. The first kappa shape index (κ1) is 17.6. The van der Waals surface area contributed by atoms with Gasteiger partial charge in [-0.2, -0.15) is 0 Å². The third-order valence-electron chi connectivity index (χ3n) is 5.92. The number of rotatable bonds is 5. The summed E-state index contributed by atoms with van der Waals surface area (Å²) in [5.41, 5.74) is 8.50. The number of primary amides is 1. The van der Waals surface area contributed by atoms with Crippen LogP contribution in [0.4, 0.5) is 11.6 Å². The van der Waals surface area contributed by atoms with Gasteiger partial charge in [-0.15, -0.1) is 0 Å². The molecule has 29 heavy (non-hydrogen) atoms. The molecule has 1 aromatic heterocycles. The first-order valence-corrected chi connectivity index (χ1v) is 9.52. The number of aromatic amines is 1. The molecule has 0 unspecified atom stereocenters. The molecule has 3 heterocycles. The summed E-state index contributed by atoms with van der Waals surface area (Å²) >= 11 is 0. The molecule has 9 nitrogen and oxygen atoms in total. The minimum Gasteiger partial charge on any atom is -0.366 e. The third kappa shape index (κ3) is 2.99. The monoisotopic (exact) mass is 392 g/mol. The van der Waals surface area contributed by atoms with E-state index in [1.165, 1.54) is 0 Å². The number of anilines is 1. The second-order valence-corrected chi connectivity index (χ2v) is 7.68. The van der Waals surface area contributed by atoms with Gasteiger partial charge < -0.3 is 15.6 Å². The number of hydrogen-bond acceptors (Lipinski definition) is 6. The van der Waals surface area contributed by atoms with Crippen molar-refractivity contribution in [1.29, 1.82) is 0 Å². The Kier molecular flexibility index (Phi) is 3.99. The van der Waals surface area contributed by atoms with Crippen LogP contribution < -0.4 is 10.6 Å². The summed E-state index contributed by atoms with van der Waals surface area (Å²) in [5, 5.41) is 10.8. The maximum Gasteiger partial charge on any atom is 0.269 e. The number of likely N-dealkylation sites (tertiary alicyclic amines) is 1. The molecule has 0 saturated carbocycles. The van der Waals surface area contributed by atoms with Crippen LogP contribution in [0.15, 0.2) is 42.5 Å². The number of non-ortho nitro benzene ring substituents is 1. The number of carbonyl (C=O) groups excluding carboxylic acids is 1. The zero-order chi connectivity index (χ0) is 20.1. The topological polar surface area (TPSA) is 121 Å². The van der Waals surface area contributed by atoms with Crippen molar-refractivity contribution < 1.29 is 9.72 Å². The molecule has 0 spiro atoms. The number of carbonyl (C=O) groups is 1. The molecule has 3 aromatic rings. The van der Waals surface area contributed by atoms with Gasteiger partial charge in [-0.05, 0) is 24.1 Å². The van der Waals surface area contributed by atoms with Crippen LogP contribution >= 0.6 is 0 Å². The Balaban J connectivity index is 1.31. The van der Waals surface area contributed by atoms with E-state index in [-0.39, 0.29) is 10.6 Å². The number of amides is 1. The molecule has 2 bridgehead atoms. The predicted molar refractivity (Wildman–Crippen MR) is 108 cm³/mol. The first-order valence-electron chi connectivity index (χ1n) is 9.52. The molecule has 3 N–H and O–H groups in total. The standard InChI is InChI=1S/C20H20N6O3/c21-19(27)16-2-1-3-17-18(16)23-20(22-17)25-11-14-8-15(25)10-24(14)9-12-4-6-13(7-5-12)26(28)29/h1-7,14-15H,8-11H2,(H2,21,27)(H,22,23)/t14-,15-/m0/s1. The molecular weight excluding hydrogens is 372 g/mol. The Hall–Kier alpha value is -3.46. The minimum atomic E-state index is -0.481. The van der Waals surface area contributed by atoms with Gasteiger partial charge in [0.05, 0.1) is 16.0 Å². The van der Waals surface area contributed by atoms with Gasteiger partial charge in [-0.1, -0.05) is 18.2 Å². The van der Waals surface area contributed by atoms with Gasteiger partial charge in [0.2, 0.25) is 5.95 Å². The molecule has 2 aliphatic heterocycles. The lowest BCUT2D eigenvalue weighted by molar-refractivity contribution is -0.384. The quantitative estimate of drug-likeness (QED) is 0.506. The van der Waals surface area contributed by atoms with Crippen molar-refractivity contribution in [3.8, 4) is 0 Å². The van der Waals surface area contributed by atoms with Crippen LogP contribution in [0.25, 0.3) is 11.0 Å². The van der Waals surface area contributed by atoms with E-state index in [1.54, 1.807) is 24.3 Å². The lowest BCUT2D eigenvalue weighted by atomic mass is 10.2. The van der Waals surface area contributed by atoms with E-state index < -0.39 is 5.91 Å². The second-order valence-electron chi connectivity index (χ2n) is 7.68. The summed E-state index contributed by atoms with van der Waals surface area (Å²) < 4.78 is 0. The van der Waals surface area contributed by atoms with Crippen molar-refractivity contribution >= 4 is 28.6 Å². The van der Waals surface area contributed by atoms with Crippen molar-refractivity contribution in [3.05, 3.63) is 63.7 Å². The molecule has 0 radical (unpaired) electrons. The fourth-order valence-corrected chi connectivity index (χ4v) is 4.51. The van der Waals surface area contributed by atoms with Crippen LogP contribution in [0.1, 0.15) is 22.3 Å². The average molecular weight is 392 g/mol. The lowest BCUT2D eigenvalue weighted by Crippen LogP contribution is -2.46. The molecule has 5 rings (SSSR count). The fourth-order valence-electron chi connectivity index (χ4n) is 4.51. The van der Waals surface area contributed by atoms with Crippen LogP contribution in [0.5, 0.6) is 0 Å². The van der Waals surface area contributed by atoms with E-state index in [0.29, 0.717) is 23.2 Å². The number of nitro groups is 1. The zero-order valence-electron chi connectivity index (χ0n) is 15.6. The molecule has 9 heteroatoms. The summed E-state index contributed by atoms with van der Waals surface area (Å²) in [5.74, 6) is 0.294. The van der Waals surface area contributed by atoms with Crippen molar-refractivity contribution in [2.75, 3.05) is 18.0 Å². The normalized spacial score (nSPS) is 21.2. The number of nitrogens with zero attached hydrogens (tertiary/aromatic N) is 4. The van der Waals surface area contributed by atoms with Crippen LogP contribution in [-0.2, 0) is 6.54 Å². The molecule has 2 atom stereocenters. The highest BCUT2D eigenvalue weighted by molar-refractivity contribution is 6.04. The molecule has 1 amide bonds.